The third-order valence-electron chi connectivity index (χ3n) is 3.18. The van der Waals surface area contributed by atoms with Crippen molar-refractivity contribution < 1.29 is 4.79 Å². The summed E-state index contributed by atoms with van der Waals surface area (Å²) in [5, 5.41) is 0. The van der Waals surface area contributed by atoms with Crippen LogP contribution >= 0.6 is 0 Å². The zero-order valence-electron chi connectivity index (χ0n) is 11.4. The van der Waals surface area contributed by atoms with E-state index in [0.29, 0.717) is 13.1 Å². The van der Waals surface area contributed by atoms with E-state index in [1.165, 1.54) is 0 Å². The molecule has 1 amide bonds. The second kappa shape index (κ2) is 6.86. The number of rotatable bonds is 7. The lowest BCUT2D eigenvalue weighted by molar-refractivity contribution is -0.133. The third-order valence-corrected chi connectivity index (χ3v) is 3.18. The normalized spacial score (nSPS) is 11.9. The molecule has 0 aliphatic carbocycles. The Kier molecular flexibility index (Phi) is 6.60. The molecule has 2 N–H and O–H groups in total. The molecule has 0 bridgehead atoms. The summed E-state index contributed by atoms with van der Waals surface area (Å²) in [6, 6.07) is 0. The maximum absolute atomic E-state index is 12.0. The van der Waals surface area contributed by atoms with Crippen molar-refractivity contribution in [3.63, 3.8) is 0 Å². The van der Waals surface area contributed by atoms with Gasteiger partial charge in [-0.2, -0.15) is 0 Å². The lowest BCUT2D eigenvalue weighted by Gasteiger charge is -2.37. The quantitative estimate of drug-likeness (QED) is 0.706. The Hall–Kier alpha value is -0.610. The van der Waals surface area contributed by atoms with Crippen molar-refractivity contribution in [2.24, 2.45) is 5.73 Å². The van der Waals surface area contributed by atoms with Crippen LogP contribution in [-0.4, -0.2) is 54.0 Å². The van der Waals surface area contributed by atoms with Gasteiger partial charge < -0.3 is 10.6 Å². The van der Waals surface area contributed by atoms with Crippen molar-refractivity contribution >= 4 is 5.91 Å². The van der Waals surface area contributed by atoms with Crippen molar-refractivity contribution in [3.05, 3.63) is 0 Å². The van der Waals surface area contributed by atoms with E-state index >= 15 is 0 Å². The SMILES string of the molecule is CCN(CC)C(=O)CN(CC)C(C)(C)CN. The minimum atomic E-state index is -0.114. The molecule has 0 fully saturated rings. The van der Waals surface area contributed by atoms with Gasteiger partial charge in [0.05, 0.1) is 6.54 Å². The number of hydrogen-bond donors (Lipinski definition) is 1. The van der Waals surface area contributed by atoms with Gasteiger partial charge in [0.1, 0.15) is 0 Å². The summed E-state index contributed by atoms with van der Waals surface area (Å²) in [5.41, 5.74) is 5.62. The largest absolute Gasteiger partial charge is 0.342 e. The van der Waals surface area contributed by atoms with Crippen molar-refractivity contribution in [3.8, 4) is 0 Å². The number of likely N-dealkylation sites (N-methyl/N-ethyl adjacent to an activating group) is 2. The lowest BCUT2D eigenvalue weighted by atomic mass is 10.0. The monoisotopic (exact) mass is 229 g/mol. The van der Waals surface area contributed by atoms with E-state index in [2.05, 4.69) is 25.7 Å². The van der Waals surface area contributed by atoms with E-state index in [4.69, 9.17) is 5.73 Å². The van der Waals surface area contributed by atoms with Crippen LogP contribution in [0.1, 0.15) is 34.6 Å². The van der Waals surface area contributed by atoms with Gasteiger partial charge in [0, 0.05) is 25.2 Å². The van der Waals surface area contributed by atoms with E-state index < -0.39 is 0 Å². The van der Waals surface area contributed by atoms with Crippen LogP contribution in [0.15, 0.2) is 0 Å². The summed E-state index contributed by atoms with van der Waals surface area (Å²) in [7, 11) is 0. The molecule has 0 radical (unpaired) electrons. The van der Waals surface area contributed by atoms with Crippen molar-refractivity contribution in [1.29, 1.82) is 0 Å². The number of nitrogens with two attached hydrogens (primary N) is 1. The van der Waals surface area contributed by atoms with Gasteiger partial charge in [-0.25, -0.2) is 0 Å². The molecule has 0 saturated carbocycles. The van der Waals surface area contributed by atoms with Crippen molar-refractivity contribution in [1.82, 2.24) is 9.80 Å². The molecular formula is C12H27N3O. The second-order valence-electron chi connectivity index (χ2n) is 4.60. The first-order chi connectivity index (χ1) is 7.42. The molecule has 0 saturated heterocycles. The molecule has 0 aromatic rings. The fourth-order valence-corrected chi connectivity index (χ4v) is 1.72. The molecule has 0 rings (SSSR count). The molecule has 0 unspecified atom stereocenters. The van der Waals surface area contributed by atoms with E-state index in [0.717, 1.165) is 19.6 Å². The van der Waals surface area contributed by atoms with E-state index in [1.807, 2.05) is 18.7 Å². The van der Waals surface area contributed by atoms with Gasteiger partial charge in [-0.15, -0.1) is 0 Å². The van der Waals surface area contributed by atoms with Gasteiger partial charge in [0.15, 0.2) is 0 Å². The fourth-order valence-electron chi connectivity index (χ4n) is 1.72. The first-order valence-electron chi connectivity index (χ1n) is 6.15. The smallest absolute Gasteiger partial charge is 0.236 e. The van der Waals surface area contributed by atoms with Crippen molar-refractivity contribution in [2.45, 2.75) is 40.2 Å². The molecule has 0 aromatic carbocycles. The van der Waals surface area contributed by atoms with E-state index in [1.54, 1.807) is 0 Å². The fraction of sp³-hybridized carbons (Fsp3) is 0.917. The average molecular weight is 229 g/mol. The zero-order valence-corrected chi connectivity index (χ0v) is 11.4. The van der Waals surface area contributed by atoms with Crippen LogP contribution in [0.3, 0.4) is 0 Å². The molecule has 0 heterocycles. The average Bonchev–Trinajstić information content (AvgIpc) is 2.27. The van der Waals surface area contributed by atoms with Gasteiger partial charge in [0.25, 0.3) is 0 Å². The van der Waals surface area contributed by atoms with E-state index in [-0.39, 0.29) is 11.4 Å². The maximum Gasteiger partial charge on any atom is 0.236 e. The number of carbonyl (C=O) groups is 1. The van der Waals surface area contributed by atoms with Crippen LogP contribution in [0.4, 0.5) is 0 Å². The van der Waals surface area contributed by atoms with Crippen LogP contribution in [0.2, 0.25) is 0 Å². The van der Waals surface area contributed by atoms with Gasteiger partial charge in [-0.1, -0.05) is 6.92 Å². The van der Waals surface area contributed by atoms with Crippen LogP contribution in [0, 0.1) is 0 Å². The van der Waals surface area contributed by atoms with Crippen LogP contribution in [0.5, 0.6) is 0 Å². The summed E-state index contributed by atoms with van der Waals surface area (Å²) < 4.78 is 0. The highest BCUT2D eigenvalue weighted by Gasteiger charge is 2.26. The summed E-state index contributed by atoms with van der Waals surface area (Å²) in [6.45, 7) is 13.6. The minimum absolute atomic E-state index is 0.114. The Morgan fingerprint density at radius 3 is 1.94 bits per heavy atom. The van der Waals surface area contributed by atoms with Gasteiger partial charge in [-0.3, -0.25) is 9.69 Å². The Bertz CT molecular complexity index is 212. The molecule has 0 aromatic heterocycles. The highest BCUT2D eigenvalue weighted by atomic mass is 16.2. The number of hydrogen-bond acceptors (Lipinski definition) is 3. The summed E-state index contributed by atoms with van der Waals surface area (Å²) in [6.07, 6.45) is 0. The zero-order chi connectivity index (χ0) is 12.8. The lowest BCUT2D eigenvalue weighted by Crippen LogP contribution is -2.53. The molecule has 96 valence electrons. The minimum Gasteiger partial charge on any atom is -0.342 e. The summed E-state index contributed by atoms with van der Waals surface area (Å²) >= 11 is 0. The molecule has 0 aliphatic rings. The van der Waals surface area contributed by atoms with Crippen LogP contribution < -0.4 is 5.73 Å². The van der Waals surface area contributed by atoms with Crippen molar-refractivity contribution in [2.75, 3.05) is 32.7 Å². The maximum atomic E-state index is 12.0. The molecule has 16 heavy (non-hydrogen) atoms. The first-order valence-corrected chi connectivity index (χ1v) is 6.15. The van der Waals surface area contributed by atoms with E-state index in [9.17, 15) is 4.79 Å². The van der Waals surface area contributed by atoms with Crippen LogP contribution in [-0.2, 0) is 4.79 Å². The predicted molar refractivity (Wildman–Crippen MR) is 68.3 cm³/mol. The summed E-state index contributed by atoms with van der Waals surface area (Å²) in [5.74, 6) is 0.188. The van der Waals surface area contributed by atoms with Gasteiger partial charge >= 0.3 is 0 Å². The summed E-state index contributed by atoms with van der Waals surface area (Å²) in [4.78, 5) is 16.0. The second-order valence-corrected chi connectivity index (χ2v) is 4.60. The number of carbonyl (C=O) groups excluding carboxylic acids is 1. The third kappa shape index (κ3) is 4.10. The van der Waals surface area contributed by atoms with Crippen LogP contribution in [0.25, 0.3) is 0 Å². The molecule has 4 heteroatoms. The molecule has 0 aliphatic heterocycles. The Morgan fingerprint density at radius 1 is 1.12 bits per heavy atom. The highest BCUT2D eigenvalue weighted by molar-refractivity contribution is 5.78. The Morgan fingerprint density at radius 2 is 1.62 bits per heavy atom. The highest BCUT2D eigenvalue weighted by Crippen LogP contribution is 2.12. The molecule has 4 nitrogen and oxygen atoms in total. The Balaban J connectivity index is 4.49. The first kappa shape index (κ1) is 15.4. The predicted octanol–water partition coefficient (Wildman–Crippen LogP) is 0.914. The topological polar surface area (TPSA) is 49.6 Å². The van der Waals surface area contributed by atoms with Gasteiger partial charge in [0.2, 0.25) is 5.91 Å². The Labute approximate surface area is 99.8 Å². The standard InChI is InChI=1S/C12H27N3O/c1-6-14(7-2)11(16)9-15(8-3)12(4,5)10-13/h6-10,13H2,1-5H3. The molecular weight excluding hydrogens is 202 g/mol. The molecule has 0 spiro atoms. The number of nitrogens with zero attached hydrogens (tertiary/aromatic N) is 2. The van der Waals surface area contributed by atoms with Gasteiger partial charge in [-0.05, 0) is 34.2 Å². The number of amides is 1. The molecule has 0 atom stereocenters.